The normalized spacial score (nSPS) is 11.7. The molecule has 0 bridgehead atoms. The Bertz CT molecular complexity index is 1380. The van der Waals surface area contributed by atoms with E-state index in [0.29, 0.717) is 34.4 Å². The number of aryl methyl sites for hydroxylation is 1. The van der Waals surface area contributed by atoms with Gasteiger partial charge in [0.05, 0.1) is 21.9 Å². The molecule has 0 aliphatic heterocycles. The largest absolute Gasteiger partial charge is 0.433 e. The second-order valence-corrected chi connectivity index (χ2v) is 7.36. The van der Waals surface area contributed by atoms with Crippen LogP contribution in [-0.2, 0) is 12.6 Å². The van der Waals surface area contributed by atoms with Gasteiger partial charge in [0.25, 0.3) is 5.56 Å². The lowest BCUT2D eigenvalue weighted by atomic mass is 10.1. The van der Waals surface area contributed by atoms with Crippen molar-refractivity contribution in [2.75, 3.05) is 5.32 Å². The van der Waals surface area contributed by atoms with Gasteiger partial charge < -0.3 is 10.3 Å². The van der Waals surface area contributed by atoms with Gasteiger partial charge in [-0.15, -0.1) is 0 Å². The van der Waals surface area contributed by atoms with Crippen molar-refractivity contribution in [1.29, 1.82) is 0 Å². The summed E-state index contributed by atoms with van der Waals surface area (Å²) in [7, 11) is 0. The van der Waals surface area contributed by atoms with Crippen LogP contribution in [-0.4, -0.2) is 15.0 Å². The lowest BCUT2D eigenvalue weighted by Gasteiger charge is -2.15. The molecule has 0 fully saturated rings. The maximum atomic E-state index is 13.5. The van der Waals surface area contributed by atoms with Crippen LogP contribution in [0.25, 0.3) is 22.0 Å². The summed E-state index contributed by atoms with van der Waals surface area (Å²) in [5.74, 6) is -0.607. The van der Waals surface area contributed by atoms with E-state index in [1.807, 2.05) is 6.92 Å². The van der Waals surface area contributed by atoms with Crippen LogP contribution in [0, 0.1) is 5.82 Å². The van der Waals surface area contributed by atoms with Crippen LogP contribution in [0.5, 0.6) is 0 Å². The molecule has 0 spiro atoms. The number of anilines is 2. The van der Waals surface area contributed by atoms with E-state index in [9.17, 15) is 22.4 Å². The fourth-order valence-electron chi connectivity index (χ4n) is 3.29. The van der Waals surface area contributed by atoms with Gasteiger partial charge in [-0.25, -0.2) is 4.39 Å². The number of benzene rings is 1. The predicted molar refractivity (Wildman–Crippen MR) is 115 cm³/mol. The molecule has 0 unspecified atom stereocenters. The number of halogens is 5. The van der Waals surface area contributed by atoms with Crippen molar-refractivity contribution in [1.82, 2.24) is 15.0 Å². The van der Waals surface area contributed by atoms with Crippen molar-refractivity contribution in [3.05, 3.63) is 81.4 Å². The van der Waals surface area contributed by atoms with Gasteiger partial charge in [-0.05, 0) is 42.3 Å². The Labute approximate surface area is 184 Å². The fourth-order valence-corrected chi connectivity index (χ4v) is 3.47. The van der Waals surface area contributed by atoms with Gasteiger partial charge in [0.2, 0.25) is 0 Å². The number of hydrogen-bond donors (Lipinski definition) is 2. The molecule has 0 saturated carbocycles. The highest BCUT2D eigenvalue weighted by molar-refractivity contribution is 6.31. The summed E-state index contributed by atoms with van der Waals surface area (Å²) in [4.78, 5) is 22.9. The third-order valence-electron chi connectivity index (χ3n) is 4.89. The van der Waals surface area contributed by atoms with Crippen LogP contribution in [0.1, 0.15) is 18.3 Å². The minimum Gasteiger partial charge on any atom is -0.353 e. The first kappa shape index (κ1) is 21.8. The van der Waals surface area contributed by atoms with Crippen LogP contribution in [0.2, 0.25) is 5.02 Å². The van der Waals surface area contributed by atoms with Crippen molar-refractivity contribution in [2.24, 2.45) is 0 Å². The Kier molecular flexibility index (Phi) is 5.60. The summed E-state index contributed by atoms with van der Waals surface area (Å²) < 4.78 is 52.5. The quantitative estimate of drug-likeness (QED) is 0.359. The smallest absolute Gasteiger partial charge is 0.353 e. The predicted octanol–water partition coefficient (Wildman–Crippen LogP) is 6.10. The lowest BCUT2D eigenvalue weighted by Crippen LogP contribution is -2.14. The number of pyridine rings is 3. The minimum absolute atomic E-state index is 0.116. The number of nitrogens with one attached hydrogen (secondary N) is 2. The zero-order valence-corrected chi connectivity index (χ0v) is 17.3. The van der Waals surface area contributed by atoms with Crippen molar-refractivity contribution < 1.29 is 17.6 Å². The highest BCUT2D eigenvalue weighted by Gasteiger charge is 2.32. The first-order valence-electron chi connectivity index (χ1n) is 9.48. The highest BCUT2D eigenvalue weighted by atomic mass is 35.5. The molecule has 4 aromatic rings. The van der Waals surface area contributed by atoms with E-state index < -0.39 is 17.7 Å². The molecular weight excluding hydrogens is 448 g/mol. The van der Waals surface area contributed by atoms with E-state index in [1.54, 1.807) is 12.1 Å². The van der Waals surface area contributed by atoms with Crippen molar-refractivity contribution >= 4 is 33.9 Å². The molecule has 4 rings (SSSR count). The van der Waals surface area contributed by atoms with Crippen molar-refractivity contribution in [2.45, 2.75) is 19.5 Å². The van der Waals surface area contributed by atoms with E-state index in [2.05, 4.69) is 20.3 Å². The zero-order valence-electron chi connectivity index (χ0n) is 16.5. The molecule has 0 aliphatic rings. The number of H-pyrrole nitrogens is 1. The van der Waals surface area contributed by atoms with Gasteiger partial charge in [0.1, 0.15) is 11.5 Å². The van der Waals surface area contributed by atoms with Crippen LogP contribution in [0.3, 0.4) is 0 Å². The molecule has 1 aromatic carbocycles. The standard InChI is InChI=1S/C22H15ClF4N4O/c1-2-16-19(8-12(21(32)31-16)11-3-4-15(24)14(23)7-11)30-17-5-6-28-18-9-20(22(25,26)27)29-10-13(17)18/h3-10H,2H2,1H3,(H,28,30)(H,31,32). The minimum atomic E-state index is -4.58. The van der Waals surface area contributed by atoms with Gasteiger partial charge in [0.15, 0.2) is 0 Å². The van der Waals surface area contributed by atoms with Gasteiger partial charge in [-0.3, -0.25) is 14.8 Å². The van der Waals surface area contributed by atoms with E-state index in [-0.39, 0.29) is 21.7 Å². The summed E-state index contributed by atoms with van der Waals surface area (Å²) in [5, 5.41) is 3.40. The molecule has 164 valence electrons. The molecule has 0 atom stereocenters. The lowest BCUT2D eigenvalue weighted by molar-refractivity contribution is -0.141. The second kappa shape index (κ2) is 8.23. The number of hydrogen-bond acceptors (Lipinski definition) is 4. The van der Waals surface area contributed by atoms with E-state index >= 15 is 0 Å². The molecule has 10 heteroatoms. The van der Waals surface area contributed by atoms with E-state index in [4.69, 9.17) is 11.6 Å². The number of rotatable bonds is 4. The molecular formula is C22H15ClF4N4O. The van der Waals surface area contributed by atoms with E-state index in [1.165, 1.54) is 18.3 Å². The molecule has 32 heavy (non-hydrogen) atoms. The summed E-state index contributed by atoms with van der Waals surface area (Å²) in [6.45, 7) is 1.84. The monoisotopic (exact) mass is 462 g/mol. The molecule has 0 saturated heterocycles. The van der Waals surface area contributed by atoms with Crippen LogP contribution < -0.4 is 10.9 Å². The first-order chi connectivity index (χ1) is 15.2. The molecule has 0 aliphatic carbocycles. The maximum Gasteiger partial charge on any atom is 0.433 e. The highest BCUT2D eigenvalue weighted by Crippen LogP contribution is 2.33. The first-order valence-corrected chi connectivity index (χ1v) is 9.85. The SMILES string of the molecule is CCc1[nH]c(=O)c(-c2ccc(F)c(Cl)c2)cc1Nc1ccnc2cc(C(F)(F)F)ncc12. The van der Waals surface area contributed by atoms with E-state index in [0.717, 1.165) is 18.3 Å². The van der Waals surface area contributed by atoms with Gasteiger partial charge in [0, 0.05) is 29.0 Å². The average molecular weight is 463 g/mol. The van der Waals surface area contributed by atoms with Crippen LogP contribution in [0.15, 0.2) is 53.6 Å². The topological polar surface area (TPSA) is 70.7 Å². The summed E-state index contributed by atoms with van der Waals surface area (Å²) >= 11 is 5.86. The number of nitrogens with zero attached hydrogens (tertiary/aromatic N) is 2. The third-order valence-corrected chi connectivity index (χ3v) is 5.18. The maximum absolute atomic E-state index is 13.5. The van der Waals surface area contributed by atoms with Crippen molar-refractivity contribution in [3.8, 4) is 11.1 Å². The summed E-state index contributed by atoms with van der Waals surface area (Å²) in [5.41, 5.74) is 0.926. The van der Waals surface area contributed by atoms with Crippen molar-refractivity contribution in [3.63, 3.8) is 0 Å². The summed E-state index contributed by atoms with van der Waals surface area (Å²) in [6.07, 6.45) is -1.63. The Morgan fingerprint density at radius 1 is 1.09 bits per heavy atom. The van der Waals surface area contributed by atoms with Gasteiger partial charge in [-0.1, -0.05) is 24.6 Å². The Morgan fingerprint density at radius 2 is 1.88 bits per heavy atom. The summed E-state index contributed by atoms with van der Waals surface area (Å²) in [6, 6.07) is 8.01. The number of alkyl halides is 3. The third kappa shape index (κ3) is 4.16. The Morgan fingerprint density at radius 3 is 2.56 bits per heavy atom. The second-order valence-electron chi connectivity index (χ2n) is 6.95. The molecule has 0 amide bonds. The molecule has 3 aromatic heterocycles. The molecule has 3 heterocycles. The zero-order chi connectivity index (χ0) is 23.0. The van der Waals surface area contributed by atoms with Crippen LogP contribution >= 0.6 is 11.6 Å². The molecule has 5 nitrogen and oxygen atoms in total. The number of aromatic amines is 1. The molecule has 0 radical (unpaired) electrons. The van der Waals surface area contributed by atoms with Gasteiger partial charge >= 0.3 is 6.18 Å². The molecule has 2 N–H and O–H groups in total. The fraction of sp³-hybridized carbons (Fsp3) is 0.136. The Hall–Kier alpha value is -3.46. The van der Waals surface area contributed by atoms with Crippen LogP contribution in [0.4, 0.5) is 28.9 Å². The average Bonchev–Trinajstić information content (AvgIpc) is 2.76. The Balaban J connectivity index is 1.81. The number of aromatic nitrogens is 3. The number of fused-ring (bicyclic) bond motifs is 1. The van der Waals surface area contributed by atoms with Gasteiger partial charge in [-0.2, -0.15) is 13.2 Å².